The van der Waals surface area contributed by atoms with E-state index < -0.39 is 0 Å². The SMILES string of the molecule is Cn1cc(C(N)c2cccc(C3CCC3)c2)cn1. The molecule has 3 nitrogen and oxygen atoms in total. The molecule has 2 aromatic rings. The van der Waals surface area contributed by atoms with Crippen LogP contribution in [-0.4, -0.2) is 9.78 Å². The Balaban J connectivity index is 1.86. The van der Waals surface area contributed by atoms with Crippen LogP contribution in [0.3, 0.4) is 0 Å². The third-order valence-electron chi connectivity index (χ3n) is 3.93. The van der Waals surface area contributed by atoms with Gasteiger partial charge in [0.15, 0.2) is 0 Å². The molecule has 1 heterocycles. The van der Waals surface area contributed by atoms with Crippen molar-refractivity contribution in [1.82, 2.24) is 9.78 Å². The number of benzene rings is 1. The van der Waals surface area contributed by atoms with E-state index in [1.54, 1.807) is 4.68 Å². The van der Waals surface area contributed by atoms with Gasteiger partial charge < -0.3 is 5.73 Å². The predicted molar refractivity (Wildman–Crippen MR) is 72.3 cm³/mol. The van der Waals surface area contributed by atoms with Crippen molar-refractivity contribution in [2.75, 3.05) is 0 Å². The highest BCUT2D eigenvalue weighted by Crippen LogP contribution is 2.37. The zero-order valence-electron chi connectivity index (χ0n) is 10.7. The fourth-order valence-electron chi connectivity index (χ4n) is 2.54. The Kier molecular flexibility index (Phi) is 2.92. The summed E-state index contributed by atoms with van der Waals surface area (Å²) in [5, 5.41) is 4.18. The zero-order valence-corrected chi connectivity index (χ0v) is 10.7. The summed E-state index contributed by atoms with van der Waals surface area (Å²) in [6.45, 7) is 0. The molecule has 3 heteroatoms. The lowest BCUT2D eigenvalue weighted by Crippen LogP contribution is -2.13. The zero-order chi connectivity index (χ0) is 12.5. The van der Waals surface area contributed by atoms with Crippen molar-refractivity contribution >= 4 is 0 Å². The van der Waals surface area contributed by atoms with Gasteiger partial charge in [-0.05, 0) is 29.9 Å². The number of hydrogen-bond donors (Lipinski definition) is 1. The van der Waals surface area contributed by atoms with E-state index in [-0.39, 0.29) is 6.04 Å². The molecule has 1 aliphatic rings. The topological polar surface area (TPSA) is 43.8 Å². The van der Waals surface area contributed by atoms with Gasteiger partial charge in [0.25, 0.3) is 0 Å². The van der Waals surface area contributed by atoms with Gasteiger partial charge in [-0.1, -0.05) is 30.7 Å². The summed E-state index contributed by atoms with van der Waals surface area (Å²) in [6.07, 6.45) is 7.85. The van der Waals surface area contributed by atoms with Crippen LogP contribution in [0.2, 0.25) is 0 Å². The number of nitrogens with zero attached hydrogens (tertiary/aromatic N) is 2. The molecule has 3 rings (SSSR count). The van der Waals surface area contributed by atoms with Gasteiger partial charge in [0.2, 0.25) is 0 Å². The van der Waals surface area contributed by atoms with Crippen LogP contribution in [0.15, 0.2) is 36.7 Å². The predicted octanol–water partition coefficient (Wildman–Crippen LogP) is 2.74. The summed E-state index contributed by atoms with van der Waals surface area (Å²) in [7, 11) is 1.92. The van der Waals surface area contributed by atoms with Gasteiger partial charge in [0.05, 0.1) is 12.2 Å². The highest BCUT2D eigenvalue weighted by atomic mass is 15.2. The van der Waals surface area contributed by atoms with Crippen molar-refractivity contribution in [3.8, 4) is 0 Å². The van der Waals surface area contributed by atoms with Crippen LogP contribution in [0.4, 0.5) is 0 Å². The van der Waals surface area contributed by atoms with Crippen molar-refractivity contribution in [3.63, 3.8) is 0 Å². The largest absolute Gasteiger partial charge is 0.320 e. The standard InChI is InChI=1S/C15H19N3/c1-18-10-14(9-17-18)15(16)13-7-3-6-12(8-13)11-4-2-5-11/h3,6-11,15H,2,4-5,16H2,1H3. The number of rotatable bonds is 3. The van der Waals surface area contributed by atoms with Crippen molar-refractivity contribution < 1.29 is 0 Å². The molecule has 18 heavy (non-hydrogen) atoms. The van der Waals surface area contributed by atoms with Crippen LogP contribution in [0.25, 0.3) is 0 Å². The van der Waals surface area contributed by atoms with E-state index in [0.29, 0.717) is 0 Å². The lowest BCUT2D eigenvalue weighted by atomic mass is 9.79. The first-order valence-corrected chi connectivity index (χ1v) is 6.58. The summed E-state index contributed by atoms with van der Waals surface area (Å²) in [6, 6.07) is 8.66. The number of aryl methyl sites for hydroxylation is 1. The third-order valence-corrected chi connectivity index (χ3v) is 3.93. The number of hydrogen-bond acceptors (Lipinski definition) is 2. The second-order valence-electron chi connectivity index (χ2n) is 5.22. The van der Waals surface area contributed by atoms with Crippen LogP contribution < -0.4 is 5.73 Å². The maximum Gasteiger partial charge on any atom is 0.0582 e. The monoisotopic (exact) mass is 241 g/mol. The Bertz CT molecular complexity index is 540. The van der Waals surface area contributed by atoms with Crippen LogP contribution in [0.5, 0.6) is 0 Å². The Hall–Kier alpha value is -1.61. The number of aromatic nitrogens is 2. The molecule has 2 N–H and O–H groups in total. The first kappa shape index (κ1) is 11.5. The molecular weight excluding hydrogens is 222 g/mol. The molecular formula is C15H19N3. The summed E-state index contributed by atoms with van der Waals surface area (Å²) in [4.78, 5) is 0. The summed E-state index contributed by atoms with van der Waals surface area (Å²) in [5.41, 5.74) is 10.0. The second-order valence-corrected chi connectivity index (χ2v) is 5.22. The van der Waals surface area contributed by atoms with Crippen LogP contribution >= 0.6 is 0 Å². The highest BCUT2D eigenvalue weighted by molar-refractivity contribution is 5.34. The molecule has 0 amide bonds. The van der Waals surface area contributed by atoms with Gasteiger partial charge in [-0.2, -0.15) is 5.10 Å². The molecule has 1 aromatic carbocycles. The van der Waals surface area contributed by atoms with Gasteiger partial charge in [-0.25, -0.2) is 0 Å². The van der Waals surface area contributed by atoms with Crippen molar-refractivity contribution in [3.05, 3.63) is 53.3 Å². The van der Waals surface area contributed by atoms with Gasteiger partial charge in [-0.15, -0.1) is 0 Å². The Labute approximate surface area is 108 Å². The first-order valence-electron chi connectivity index (χ1n) is 6.58. The molecule has 1 aromatic heterocycles. The average molecular weight is 241 g/mol. The summed E-state index contributed by atoms with van der Waals surface area (Å²) < 4.78 is 1.80. The normalized spacial score (nSPS) is 17.4. The summed E-state index contributed by atoms with van der Waals surface area (Å²) in [5.74, 6) is 0.756. The third kappa shape index (κ3) is 2.06. The van der Waals surface area contributed by atoms with Gasteiger partial charge in [0.1, 0.15) is 0 Å². The lowest BCUT2D eigenvalue weighted by Gasteiger charge is -2.26. The average Bonchev–Trinajstić information content (AvgIpc) is 2.73. The molecule has 1 fully saturated rings. The second kappa shape index (κ2) is 4.58. The van der Waals surface area contributed by atoms with Crippen molar-refractivity contribution in [1.29, 1.82) is 0 Å². The minimum Gasteiger partial charge on any atom is -0.320 e. The van der Waals surface area contributed by atoms with E-state index in [4.69, 9.17) is 5.73 Å². The maximum atomic E-state index is 6.30. The van der Waals surface area contributed by atoms with E-state index in [0.717, 1.165) is 11.5 Å². The fourth-order valence-corrected chi connectivity index (χ4v) is 2.54. The molecule has 1 saturated carbocycles. The van der Waals surface area contributed by atoms with Crippen molar-refractivity contribution in [2.45, 2.75) is 31.2 Å². The van der Waals surface area contributed by atoms with Gasteiger partial charge in [-0.3, -0.25) is 4.68 Å². The van der Waals surface area contributed by atoms with Gasteiger partial charge in [0, 0.05) is 18.8 Å². The van der Waals surface area contributed by atoms with E-state index in [1.165, 1.54) is 30.4 Å². The molecule has 1 unspecified atom stereocenters. The molecule has 94 valence electrons. The van der Waals surface area contributed by atoms with Crippen LogP contribution in [-0.2, 0) is 7.05 Å². The first-order chi connectivity index (χ1) is 8.74. The molecule has 1 aliphatic carbocycles. The molecule has 0 spiro atoms. The Morgan fingerprint density at radius 3 is 2.78 bits per heavy atom. The van der Waals surface area contributed by atoms with Crippen molar-refractivity contribution in [2.24, 2.45) is 12.8 Å². The quantitative estimate of drug-likeness (QED) is 0.898. The van der Waals surface area contributed by atoms with E-state index in [9.17, 15) is 0 Å². The smallest absolute Gasteiger partial charge is 0.0582 e. The number of nitrogens with two attached hydrogens (primary N) is 1. The molecule has 0 saturated heterocycles. The lowest BCUT2D eigenvalue weighted by molar-refractivity contribution is 0.419. The maximum absolute atomic E-state index is 6.30. The van der Waals surface area contributed by atoms with Crippen LogP contribution in [0, 0.1) is 0 Å². The molecule has 0 aliphatic heterocycles. The Morgan fingerprint density at radius 1 is 1.33 bits per heavy atom. The van der Waals surface area contributed by atoms with Gasteiger partial charge >= 0.3 is 0 Å². The molecule has 0 radical (unpaired) electrons. The van der Waals surface area contributed by atoms with E-state index in [2.05, 4.69) is 29.4 Å². The minimum absolute atomic E-state index is 0.0706. The summed E-state index contributed by atoms with van der Waals surface area (Å²) >= 11 is 0. The van der Waals surface area contributed by atoms with E-state index in [1.807, 2.05) is 19.4 Å². The Morgan fingerprint density at radius 2 is 2.17 bits per heavy atom. The highest BCUT2D eigenvalue weighted by Gasteiger charge is 2.20. The fraction of sp³-hybridized carbons (Fsp3) is 0.400. The van der Waals surface area contributed by atoms with Crippen LogP contribution in [0.1, 0.15) is 47.9 Å². The molecule has 1 atom stereocenters. The van der Waals surface area contributed by atoms with E-state index >= 15 is 0 Å². The minimum atomic E-state index is -0.0706. The molecule has 0 bridgehead atoms.